The summed E-state index contributed by atoms with van der Waals surface area (Å²) in [4.78, 5) is 8.35. The molecule has 0 atom stereocenters. The van der Waals surface area contributed by atoms with Crippen LogP contribution < -0.4 is 4.74 Å². The fourth-order valence-electron chi connectivity index (χ4n) is 1.89. The zero-order valence-electron chi connectivity index (χ0n) is 10.6. The van der Waals surface area contributed by atoms with E-state index in [1.807, 2.05) is 49.4 Å². The third kappa shape index (κ3) is 2.62. The number of aryl methyl sites for hydroxylation is 1. The van der Waals surface area contributed by atoms with Gasteiger partial charge in [0.2, 0.25) is 11.2 Å². The lowest BCUT2D eigenvalue weighted by Crippen LogP contribution is -1.93. The van der Waals surface area contributed by atoms with Gasteiger partial charge in [0.1, 0.15) is 5.75 Å². The fraction of sp³-hybridized carbons (Fsp3) is 0.0667. The molecule has 0 aliphatic rings. The average molecular weight is 350 g/mol. The Morgan fingerprint density at radius 1 is 1.10 bits per heavy atom. The first kappa shape index (κ1) is 13.3. The highest BCUT2D eigenvalue weighted by molar-refractivity contribution is 9.10. The van der Waals surface area contributed by atoms with Crippen LogP contribution in [0.4, 0.5) is 0 Å². The van der Waals surface area contributed by atoms with Gasteiger partial charge in [-0.05, 0) is 64.3 Å². The summed E-state index contributed by atoms with van der Waals surface area (Å²) >= 11 is 9.43. The molecule has 0 aliphatic heterocycles. The quantitative estimate of drug-likeness (QED) is 0.600. The lowest BCUT2D eigenvalue weighted by Gasteiger charge is -2.10. The van der Waals surface area contributed by atoms with Gasteiger partial charge >= 0.3 is 0 Å². The van der Waals surface area contributed by atoms with Gasteiger partial charge in [0.15, 0.2) is 0 Å². The predicted molar refractivity (Wildman–Crippen MR) is 83.5 cm³/mol. The van der Waals surface area contributed by atoms with Crippen LogP contribution in [0.1, 0.15) is 5.56 Å². The summed E-state index contributed by atoms with van der Waals surface area (Å²) in [7, 11) is 0. The normalized spacial score (nSPS) is 10.8. The van der Waals surface area contributed by atoms with Gasteiger partial charge in [-0.1, -0.05) is 18.2 Å². The third-order valence-corrected chi connectivity index (χ3v) is 3.62. The standard InChI is InChI=1S/C15H10BrClN2O/c1-9-6-7-13(11(16)8-9)20-14-10-4-2-3-5-12(10)18-15(17)19-14/h2-8H,1H3. The molecular weight excluding hydrogens is 340 g/mol. The highest BCUT2D eigenvalue weighted by atomic mass is 79.9. The number of hydrogen-bond donors (Lipinski definition) is 0. The van der Waals surface area contributed by atoms with Gasteiger partial charge in [-0.15, -0.1) is 0 Å². The van der Waals surface area contributed by atoms with Crippen LogP contribution in [-0.4, -0.2) is 9.97 Å². The number of nitrogens with zero attached hydrogens (tertiary/aromatic N) is 2. The van der Waals surface area contributed by atoms with E-state index in [1.54, 1.807) is 0 Å². The van der Waals surface area contributed by atoms with Crippen molar-refractivity contribution in [3.05, 3.63) is 57.8 Å². The average Bonchev–Trinajstić information content (AvgIpc) is 2.41. The summed E-state index contributed by atoms with van der Waals surface area (Å²) in [6.45, 7) is 2.02. The molecule has 0 N–H and O–H groups in total. The maximum Gasteiger partial charge on any atom is 0.231 e. The molecule has 5 heteroatoms. The number of aromatic nitrogens is 2. The Bertz CT molecular complexity index is 792. The van der Waals surface area contributed by atoms with Crippen molar-refractivity contribution in [2.45, 2.75) is 6.92 Å². The molecule has 100 valence electrons. The van der Waals surface area contributed by atoms with Crippen molar-refractivity contribution < 1.29 is 4.74 Å². The monoisotopic (exact) mass is 348 g/mol. The zero-order chi connectivity index (χ0) is 14.1. The summed E-state index contributed by atoms with van der Waals surface area (Å²) in [6, 6.07) is 13.5. The Balaban J connectivity index is 2.10. The summed E-state index contributed by atoms with van der Waals surface area (Å²) < 4.78 is 6.75. The smallest absolute Gasteiger partial charge is 0.231 e. The third-order valence-electron chi connectivity index (χ3n) is 2.83. The number of benzene rings is 2. The van der Waals surface area contributed by atoms with Crippen LogP contribution in [0.25, 0.3) is 10.9 Å². The number of fused-ring (bicyclic) bond motifs is 1. The van der Waals surface area contributed by atoms with Gasteiger partial charge in [-0.2, -0.15) is 4.98 Å². The van der Waals surface area contributed by atoms with Crippen molar-refractivity contribution >= 4 is 38.4 Å². The molecule has 0 aliphatic carbocycles. The molecule has 1 aromatic heterocycles. The van der Waals surface area contributed by atoms with Crippen LogP contribution in [0.5, 0.6) is 11.6 Å². The predicted octanol–water partition coefficient (Wildman–Crippen LogP) is 5.15. The van der Waals surface area contributed by atoms with Crippen molar-refractivity contribution in [2.75, 3.05) is 0 Å². The summed E-state index contributed by atoms with van der Waals surface area (Å²) in [5.74, 6) is 1.14. The Labute approximate surface area is 129 Å². The SMILES string of the molecule is Cc1ccc(Oc2nc(Cl)nc3ccccc23)c(Br)c1. The molecule has 0 unspecified atom stereocenters. The van der Waals surface area contributed by atoms with E-state index >= 15 is 0 Å². The maximum absolute atomic E-state index is 5.94. The minimum atomic E-state index is 0.168. The maximum atomic E-state index is 5.94. The minimum Gasteiger partial charge on any atom is -0.437 e. The second-order valence-corrected chi connectivity index (χ2v) is 5.54. The van der Waals surface area contributed by atoms with E-state index < -0.39 is 0 Å². The van der Waals surface area contributed by atoms with Crippen LogP contribution in [-0.2, 0) is 0 Å². The number of halogens is 2. The number of rotatable bonds is 2. The molecular formula is C15H10BrClN2O. The molecule has 0 fully saturated rings. The van der Waals surface area contributed by atoms with Crippen LogP contribution in [0.3, 0.4) is 0 Å². The molecule has 3 rings (SSSR count). The Morgan fingerprint density at radius 3 is 2.70 bits per heavy atom. The zero-order valence-corrected chi connectivity index (χ0v) is 12.9. The van der Waals surface area contributed by atoms with E-state index in [0.29, 0.717) is 11.6 Å². The summed E-state index contributed by atoms with van der Waals surface area (Å²) in [5.41, 5.74) is 1.90. The van der Waals surface area contributed by atoms with E-state index in [2.05, 4.69) is 25.9 Å². The van der Waals surface area contributed by atoms with Crippen LogP contribution in [0.15, 0.2) is 46.9 Å². The van der Waals surface area contributed by atoms with Crippen molar-refractivity contribution in [3.63, 3.8) is 0 Å². The number of hydrogen-bond acceptors (Lipinski definition) is 3. The topological polar surface area (TPSA) is 35.0 Å². The summed E-state index contributed by atoms with van der Waals surface area (Å²) in [6.07, 6.45) is 0. The van der Waals surface area contributed by atoms with Gasteiger partial charge in [0.05, 0.1) is 15.4 Å². The second-order valence-electron chi connectivity index (χ2n) is 4.35. The molecule has 0 saturated heterocycles. The van der Waals surface area contributed by atoms with Crippen molar-refractivity contribution in [2.24, 2.45) is 0 Å². The van der Waals surface area contributed by atoms with Crippen LogP contribution >= 0.6 is 27.5 Å². The molecule has 20 heavy (non-hydrogen) atoms. The highest BCUT2D eigenvalue weighted by Crippen LogP contribution is 2.33. The van der Waals surface area contributed by atoms with E-state index in [4.69, 9.17) is 16.3 Å². The Hall–Kier alpha value is -1.65. The van der Waals surface area contributed by atoms with E-state index in [1.165, 1.54) is 0 Å². The Kier molecular flexibility index (Phi) is 3.59. The molecule has 0 bridgehead atoms. The van der Waals surface area contributed by atoms with E-state index in [0.717, 1.165) is 20.9 Å². The first-order valence-corrected chi connectivity index (χ1v) is 7.17. The molecule has 0 spiro atoms. The molecule has 2 aromatic carbocycles. The molecule has 0 saturated carbocycles. The largest absolute Gasteiger partial charge is 0.437 e. The lowest BCUT2D eigenvalue weighted by molar-refractivity contribution is 0.465. The lowest BCUT2D eigenvalue weighted by atomic mass is 10.2. The van der Waals surface area contributed by atoms with E-state index in [-0.39, 0.29) is 5.28 Å². The molecule has 0 radical (unpaired) electrons. The van der Waals surface area contributed by atoms with Gasteiger partial charge in [-0.3, -0.25) is 0 Å². The Morgan fingerprint density at radius 2 is 1.90 bits per heavy atom. The van der Waals surface area contributed by atoms with Gasteiger partial charge < -0.3 is 4.74 Å². The highest BCUT2D eigenvalue weighted by Gasteiger charge is 2.10. The van der Waals surface area contributed by atoms with Crippen molar-refractivity contribution in [1.82, 2.24) is 9.97 Å². The second kappa shape index (κ2) is 5.38. The van der Waals surface area contributed by atoms with Gasteiger partial charge in [0.25, 0.3) is 0 Å². The molecule has 0 amide bonds. The summed E-state index contributed by atoms with van der Waals surface area (Å²) in [5, 5.41) is 0.992. The first-order valence-electron chi connectivity index (χ1n) is 6.00. The fourth-order valence-corrected chi connectivity index (χ4v) is 2.63. The molecule has 3 nitrogen and oxygen atoms in total. The van der Waals surface area contributed by atoms with Crippen LogP contribution in [0.2, 0.25) is 5.28 Å². The molecule has 3 aromatic rings. The van der Waals surface area contributed by atoms with Crippen molar-refractivity contribution in [3.8, 4) is 11.6 Å². The van der Waals surface area contributed by atoms with Crippen molar-refractivity contribution in [1.29, 1.82) is 0 Å². The van der Waals surface area contributed by atoms with Gasteiger partial charge in [-0.25, -0.2) is 4.98 Å². The first-order chi connectivity index (χ1) is 9.63. The van der Waals surface area contributed by atoms with Gasteiger partial charge in [0, 0.05) is 0 Å². The van der Waals surface area contributed by atoms with E-state index in [9.17, 15) is 0 Å². The molecule has 1 heterocycles. The number of ether oxygens (including phenoxy) is 1. The van der Waals surface area contributed by atoms with Crippen LogP contribution in [0, 0.1) is 6.92 Å². The minimum absolute atomic E-state index is 0.168. The number of para-hydroxylation sites is 1.